The minimum atomic E-state index is -0.209. The lowest BCUT2D eigenvalue weighted by Gasteiger charge is -1.91. The van der Waals surface area contributed by atoms with E-state index >= 15 is 0 Å². The Morgan fingerprint density at radius 1 is 1.57 bits per heavy atom. The van der Waals surface area contributed by atoms with Crippen molar-refractivity contribution in [2.45, 2.75) is 0 Å². The molecular weight excluding hydrogens is 200 g/mol. The van der Waals surface area contributed by atoms with Crippen LogP contribution < -0.4 is 10.6 Å². The Bertz CT molecular complexity index is 434. The van der Waals surface area contributed by atoms with Crippen LogP contribution in [-0.2, 0) is 11.8 Å². The molecule has 0 saturated carbocycles. The van der Waals surface area contributed by atoms with Crippen molar-refractivity contribution < 1.29 is 4.79 Å². The van der Waals surface area contributed by atoms with Gasteiger partial charge in [0, 0.05) is 18.8 Å². The van der Waals surface area contributed by atoms with Gasteiger partial charge in [0.1, 0.15) is 5.70 Å². The molecule has 0 unspecified atom stereocenters. The average Bonchev–Trinajstić information content (AvgIpc) is 2.61. The molecule has 1 aromatic rings. The number of nitrogens with one attached hydrogen (secondary N) is 2. The zero-order valence-corrected chi connectivity index (χ0v) is 8.26. The van der Waals surface area contributed by atoms with Gasteiger partial charge in [-0.2, -0.15) is 5.10 Å². The molecular formula is C8H8N4OS. The van der Waals surface area contributed by atoms with Crippen molar-refractivity contribution in [3.63, 3.8) is 0 Å². The lowest BCUT2D eigenvalue weighted by Crippen LogP contribution is -2.21. The van der Waals surface area contributed by atoms with Gasteiger partial charge in [-0.25, -0.2) is 0 Å². The van der Waals surface area contributed by atoms with Crippen LogP contribution in [0.25, 0.3) is 6.08 Å². The number of carbonyl (C=O) groups excluding carboxylic acids is 1. The molecule has 14 heavy (non-hydrogen) atoms. The van der Waals surface area contributed by atoms with Crippen molar-refractivity contribution in [1.29, 1.82) is 0 Å². The summed E-state index contributed by atoms with van der Waals surface area (Å²) in [6, 6.07) is 0. The second kappa shape index (κ2) is 3.22. The summed E-state index contributed by atoms with van der Waals surface area (Å²) in [7, 11) is 1.81. The van der Waals surface area contributed by atoms with Crippen molar-refractivity contribution in [2.24, 2.45) is 7.05 Å². The van der Waals surface area contributed by atoms with E-state index in [0.29, 0.717) is 10.8 Å². The molecule has 5 nitrogen and oxygen atoms in total. The highest BCUT2D eigenvalue weighted by Crippen LogP contribution is 2.06. The highest BCUT2D eigenvalue weighted by molar-refractivity contribution is 7.80. The zero-order valence-electron chi connectivity index (χ0n) is 7.44. The normalized spacial score (nSPS) is 18.5. The van der Waals surface area contributed by atoms with Gasteiger partial charge in [-0.05, 0) is 18.3 Å². The van der Waals surface area contributed by atoms with Gasteiger partial charge in [-0.3, -0.25) is 14.8 Å². The summed E-state index contributed by atoms with van der Waals surface area (Å²) < 4.78 is 1.66. The number of carbonyl (C=O) groups is 1. The van der Waals surface area contributed by atoms with Crippen molar-refractivity contribution in [3.05, 3.63) is 23.7 Å². The van der Waals surface area contributed by atoms with Gasteiger partial charge >= 0.3 is 0 Å². The van der Waals surface area contributed by atoms with Gasteiger partial charge < -0.3 is 5.32 Å². The highest BCUT2D eigenvalue weighted by Gasteiger charge is 2.19. The molecule has 1 aromatic heterocycles. The van der Waals surface area contributed by atoms with Crippen molar-refractivity contribution in [2.75, 3.05) is 0 Å². The van der Waals surface area contributed by atoms with E-state index in [1.165, 1.54) is 0 Å². The average molecular weight is 208 g/mol. The number of hydrogen-bond acceptors (Lipinski definition) is 3. The lowest BCUT2D eigenvalue weighted by molar-refractivity contribution is -0.115. The third-order valence-corrected chi connectivity index (χ3v) is 1.96. The first kappa shape index (κ1) is 8.89. The summed E-state index contributed by atoms with van der Waals surface area (Å²) in [4.78, 5) is 11.2. The number of nitrogens with zero attached hydrogens (tertiary/aromatic N) is 2. The molecule has 0 aliphatic carbocycles. The van der Waals surface area contributed by atoms with Gasteiger partial charge in [0.15, 0.2) is 5.11 Å². The molecule has 1 saturated heterocycles. The summed E-state index contributed by atoms with van der Waals surface area (Å²) in [6.45, 7) is 0. The van der Waals surface area contributed by atoms with E-state index < -0.39 is 0 Å². The topological polar surface area (TPSA) is 59.0 Å². The van der Waals surface area contributed by atoms with Gasteiger partial charge in [-0.15, -0.1) is 0 Å². The molecule has 0 aromatic carbocycles. The molecule has 2 heterocycles. The van der Waals surface area contributed by atoms with E-state index in [-0.39, 0.29) is 5.91 Å². The van der Waals surface area contributed by atoms with E-state index in [1.807, 2.05) is 13.2 Å². The Morgan fingerprint density at radius 3 is 2.86 bits per heavy atom. The standard InChI is InChI=1S/C8H8N4OS/c1-12-4-5(3-9-12)2-6-7(13)11-8(14)10-6/h2-4H,1H3,(H2,10,11,13,14)/b6-2+. The van der Waals surface area contributed by atoms with Crippen LogP contribution in [-0.4, -0.2) is 20.8 Å². The minimum absolute atomic E-state index is 0.209. The summed E-state index contributed by atoms with van der Waals surface area (Å²) in [5, 5.41) is 9.56. The van der Waals surface area contributed by atoms with E-state index in [4.69, 9.17) is 12.2 Å². The van der Waals surface area contributed by atoms with Crippen LogP contribution in [0.4, 0.5) is 0 Å². The minimum Gasteiger partial charge on any atom is -0.328 e. The van der Waals surface area contributed by atoms with Crippen molar-refractivity contribution in [1.82, 2.24) is 20.4 Å². The van der Waals surface area contributed by atoms with Gasteiger partial charge in [-0.1, -0.05) is 0 Å². The van der Waals surface area contributed by atoms with Crippen LogP contribution in [0.1, 0.15) is 5.56 Å². The van der Waals surface area contributed by atoms with Crippen molar-refractivity contribution in [3.8, 4) is 0 Å². The largest absolute Gasteiger partial charge is 0.328 e. The van der Waals surface area contributed by atoms with Crippen LogP contribution in [0.3, 0.4) is 0 Å². The molecule has 0 bridgehead atoms. The number of aryl methyl sites for hydroxylation is 1. The van der Waals surface area contributed by atoms with Crippen LogP contribution in [0.2, 0.25) is 0 Å². The molecule has 2 N–H and O–H groups in total. The SMILES string of the molecule is Cn1cc(/C=C2/NC(=S)NC2=O)cn1. The van der Waals surface area contributed by atoms with Crippen LogP contribution >= 0.6 is 12.2 Å². The van der Waals surface area contributed by atoms with Gasteiger partial charge in [0.05, 0.1) is 6.20 Å². The molecule has 0 atom stereocenters. The van der Waals surface area contributed by atoms with Gasteiger partial charge in [0.25, 0.3) is 5.91 Å². The maximum absolute atomic E-state index is 11.2. The first-order chi connectivity index (χ1) is 6.65. The predicted molar refractivity (Wildman–Crippen MR) is 55.1 cm³/mol. The molecule has 1 fully saturated rings. The van der Waals surface area contributed by atoms with E-state index in [1.54, 1.807) is 17.0 Å². The van der Waals surface area contributed by atoms with Crippen LogP contribution in [0, 0.1) is 0 Å². The Morgan fingerprint density at radius 2 is 2.36 bits per heavy atom. The van der Waals surface area contributed by atoms with E-state index in [9.17, 15) is 4.79 Å². The quantitative estimate of drug-likeness (QED) is 0.494. The zero-order chi connectivity index (χ0) is 10.1. The van der Waals surface area contributed by atoms with E-state index in [2.05, 4.69) is 15.7 Å². The molecule has 0 spiro atoms. The Balaban J connectivity index is 2.27. The second-order valence-corrected chi connectivity index (χ2v) is 3.32. The number of thiocarbonyl (C=S) groups is 1. The van der Waals surface area contributed by atoms with Crippen LogP contribution in [0.5, 0.6) is 0 Å². The van der Waals surface area contributed by atoms with Crippen molar-refractivity contribution >= 4 is 29.3 Å². The summed E-state index contributed by atoms with van der Waals surface area (Å²) in [5.41, 5.74) is 1.30. The fourth-order valence-electron chi connectivity index (χ4n) is 1.16. The second-order valence-electron chi connectivity index (χ2n) is 2.91. The lowest BCUT2D eigenvalue weighted by atomic mass is 10.3. The number of amides is 1. The smallest absolute Gasteiger partial charge is 0.273 e. The molecule has 6 heteroatoms. The summed E-state index contributed by atoms with van der Waals surface area (Å²) in [6.07, 6.45) is 5.17. The predicted octanol–water partition coefficient (Wildman–Crippen LogP) is -0.235. The first-order valence-electron chi connectivity index (χ1n) is 3.98. The highest BCUT2D eigenvalue weighted by atomic mass is 32.1. The Labute approximate surface area is 85.8 Å². The van der Waals surface area contributed by atoms with Gasteiger partial charge in [0.2, 0.25) is 0 Å². The third kappa shape index (κ3) is 1.64. The molecule has 1 aliphatic rings. The number of hydrogen-bond donors (Lipinski definition) is 2. The first-order valence-corrected chi connectivity index (χ1v) is 4.38. The molecule has 72 valence electrons. The molecule has 1 aliphatic heterocycles. The third-order valence-electron chi connectivity index (χ3n) is 1.76. The Kier molecular flexibility index (Phi) is 2.05. The van der Waals surface area contributed by atoms with Crippen LogP contribution in [0.15, 0.2) is 18.1 Å². The summed E-state index contributed by atoms with van der Waals surface area (Å²) in [5.74, 6) is -0.209. The number of aromatic nitrogens is 2. The monoisotopic (exact) mass is 208 g/mol. The molecule has 2 rings (SSSR count). The fraction of sp³-hybridized carbons (Fsp3) is 0.125. The number of rotatable bonds is 1. The summed E-state index contributed by atoms with van der Waals surface area (Å²) >= 11 is 4.79. The molecule has 0 radical (unpaired) electrons. The molecule has 1 amide bonds. The maximum Gasteiger partial charge on any atom is 0.273 e. The maximum atomic E-state index is 11.2. The van der Waals surface area contributed by atoms with E-state index in [0.717, 1.165) is 5.56 Å². The Hall–Kier alpha value is -1.69. The fourth-order valence-corrected chi connectivity index (χ4v) is 1.37.